The first-order valence-corrected chi connectivity index (χ1v) is 10.7. The molecule has 0 spiro atoms. The quantitative estimate of drug-likeness (QED) is 0.688. The van der Waals surface area contributed by atoms with E-state index in [0.717, 1.165) is 9.21 Å². The molecule has 0 unspecified atom stereocenters. The Hall–Kier alpha value is -2.54. The standard InChI is InChI=1S/C18H24F3N3O6S/c1-23(2)31(27,28)13-4-5-15(29-3)14(10-13)22-16(25)12-6-8-24(9-7-12)17(26)30-11-18(19,20)21/h4-5,10,12H,6-9,11H2,1-3H3,(H,22,25). The first-order valence-electron chi connectivity index (χ1n) is 9.25. The number of carbonyl (C=O) groups is 2. The van der Waals surface area contributed by atoms with Crippen LogP contribution in [0.4, 0.5) is 23.7 Å². The van der Waals surface area contributed by atoms with E-state index in [1.807, 2.05) is 0 Å². The second kappa shape index (κ2) is 9.73. The van der Waals surface area contributed by atoms with Crippen LogP contribution in [0.25, 0.3) is 0 Å². The molecule has 0 aromatic heterocycles. The minimum absolute atomic E-state index is 0.0316. The highest BCUT2D eigenvalue weighted by Crippen LogP contribution is 2.30. The summed E-state index contributed by atoms with van der Waals surface area (Å²) in [6.45, 7) is -1.56. The minimum atomic E-state index is -4.61. The van der Waals surface area contributed by atoms with Gasteiger partial charge in [0.15, 0.2) is 6.61 Å². The zero-order valence-corrected chi connectivity index (χ0v) is 18.0. The van der Waals surface area contributed by atoms with Gasteiger partial charge in [-0.05, 0) is 31.0 Å². The molecule has 1 aromatic rings. The Kier molecular flexibility index (Phi) is 7.76. The Morgan fingerprint density at radius 2 is 1.84 bits per heavy atom. The van der Waals surface area contributed by atoms with Crippen molar-refractivity contribution >= 4 is 27.7 Å². The van der Waals surface area contributed by atoms with Crippen LogP contribution in [0.5, 0.6) is 5.75 Å². The highest BCUT2D eigenvalue weighted by atomic mass is 32.2. The molecule has 0 aliphatic carbocycles. The van der Waals surface area contributed by atoms with Gasteiger partial charge in [-0.3, -0.25) is 4.79 Å². The van der Waals surface area contributed by atoms with Gasteiger partial charge >= 0.3 is 12.3 Å². The van der Waals surface area contributed by atoms with Crippen molar-refractivity contribution in [3.05, 3.63) is 18.2 Å². The molecule has 1 aliphatic heterocycles. The smallest absolute Gasteiger partial charge is 0.422 e. The van der Waals surface area contributed by atoms with Crippen LogP contribution in [0.2, 0.25) is 0 Å². The van der Waals surface area contributed by atoms with Crippen molar-refractivity contribution in [2.75, 3.05) is 46.2 Å². The predicted molar refractivity (Wildman–Crippen MR) is 104 cm³/mol. The van der Waals surface area contributed by atoms with Crippen LogP contribution >= 0.6 is 0 Å². The van der Waals surface area contributed by atoms with E-state index in [9.17, 15) is 31.2 Å². The maximum atomic E-state index is 12.7. The summed E-state index contributed by atoms with van der Waals surface area (Å²) in [6.07, 6.45) is -5.27. The fourth-order valence-electron chi connectivity index (χ4n) is 2.95. The van der Waals surface area contributed by atoms with Crippen LogP contribution in [0, 0.1) is 5.92 Å². The van der Waals surface area contributed by atoms with Gasteiger partial charge in [-0.25, -0.2) is 17.5 Å². The Morgan fingerprint density at radius 1 is 1.23 bits per heavy atom. The monoisotopic (exact) mass is 467 g/mol. The Morgan fingerprint density at radius 3 is 2.35 bits per heavy atom. The third-order valence-corrected chi connectivity index (χ3v) is 6.50. The lowest BCUT2D eigenvalue weighted by Gasteiger charge is -2.30. The molecule has 0 radical (unpaired) electrons. The molecule has 13 heteroatoms. The summed E-state index contributed by atoms with van der Waals surface area (Å²) < 4.78 is 71.6. The van der Waals surface area contributed by atoms with Gasteiger partial charge in [0.25, 0.3) is 0 Å². The number of halogens is 3. The van der Waals surface area contributed by atoms with Crippen LogP contribution in [0.1, 0.15) is 12.8 Å². The maximum Gasteiger partial charge on any atom is 0.422 e. The lowest BCUT2D eigenvalue weighted by molar-refractivity contribution is -0.162. The van der Waals surface area contributed by atoms with Crippen LogP contribution in [-0.2, 0) is 19.6 Å². The van der Waals surface area contributed by atoms with Gasteiger partial charge in [-0.2, -0.15) is 13.2 Å². The number of sulfonamides is 1. The summed E-state index contributed by atoms with van der Waals surface area (Å²) in [7, 11) is 0.402. The molecule has 1 heterocycles. The molecule has 1 N–H and O–H groups in total. The zero-order chi connectivity index (χ0) is 23.4. The summed E-state index contributed by atoms with van der Waals surface area (Å²) in [5.74, 6) is -0.675. The number of rotatable bonds is 6. The van der Waals surface area contributed by atoms with Gasteiger partial charge in [0, 0.05) is 33.1 Å². The van der Waals surface area contributed by atoms with Crippen LogP contribution in [0.3, 0.4) is 0 Å². The van der Waals surface area contributed by atoms with Gasteiger partial charge in [0.2, 0.25) is 15.9 Å². The second-order valence-electron chi connectivity index (χ2n) is 7.07. The van der Waals surface area contributed by atoms with Gasteiger partial charge < -0.3 is 19.7 Å². The second-order valence-corrected chi connectivity index (χ2v) is 9.22. The van der Waals surface area contributed by atoms with E-state index in [0.29, 0.717) is 0 Å². The average molecular weight is 467 g/mol. The van der Waals surface area contributed by atoms with Crippen LogP contribution in [-0.4, -0.2) is 76.7 Å². The fourth-order valence-corrected chi connectivity index (χ4v) is 3.88. The number of nitrogens with one attached hydrogen (secondary N) is 1. The summed E-state index contributed by atoms with van der Waals surface area (Å²) in [5, 5.41) is 2.64. The molecule has 0 atom stereocenters. The molecule has 1 aromatic carbocycles. The van der Waals surface area contributed by atoms with Crippen molar-refractivity contribution in [1.29, 1.82) is 0 Å². The highest BCUT2D eigenvalue weighted by molar-refractivity contribution is 7.89. The maximum absolute atomic E-state index is 12.7. The molecule has 1 fully saturated rings. The molecule has 0 bridgehead atoms. The number of hydrogen-bond acceptors (Lipinski definition) is 6. The van der Waals surface area contributed by atoms with E-state index in [1.165, 1.54) is 39.4 Å². The average Bonchev–Trinajstić information content (AvgIpc) is 2.71. The third-order valence-electron chi connectivity index (χ3n) is 4.69. The highest BCUT2D eigenvalue weighted by Gasteiger charge is 2.33. The molecule has 31 heavy (non-hydrogen) atoms. The minimum Gasteiger partial charge on any atom is -0.495 e. The molecule has 0 saturated carbocycles. The Bertz CT molecular complexity index is 913. The van der Waals surface area contributed by atoms with E-state index in [4.69, 9.17) is 4.74 Å². The van der Waals surface area contributed by atoms with Gasteiger partial charge in [0.1, 0.15) is 5.75 Å². The van der Waals surface area contributed by atoms with Crippen molar-refractivity contribution in [1.82, 2.24) is 9.21 Å². The van der Waals surface area contributed by atoms with E-state index >= 15 is 0 Å². The first kappa shape index (κ1) is 24.7. The molecule has 174 valence electrons. The number of likely N-dealkylation sites (tertiary alicyclic amines) is 1. The fraction of sp³-hybridized carbons (Fsp3) is 0.556. The van der Waals surface area contributed by atoms with E-state index in [1.54, 1.807) is 0 Å². The third kappa shape index (κ3) is 6.47. The summed E-state index contributed by atoms with van der Waals surface area (Å²) in [6, 6.07) is 4.07. The van der Waals surface area contributed by atoms with Crippen molar-refractivity contribution < 1.29 is 40.7 Å². The van der Waals surface area contributed by atoms with Crippen molar-refractivity contribution in [3.63, 3.8) is 0 Å². The molecule has 1 aliphatic rings. The summed E-state index contributed by atoms with van der Waals surface area (Å²) in [4.78, 5) is 25.4. The number of hydrogen-bond donors (Lipinski definition) is 1. The number of ether oxygens (including phenoxy) is 2. The number of piperidine rings is 1. The normalized spacial score (nSPS) is 15.6. The molecule has 9 nitrogen and oxygen atoms in total. The van der Waals surface area contributed by atoms with Crippen LogP contribution < -0.4 is 10.1 Å². The number of amides is 2. The Labute approximate surface area is 178 Å². The lowest BCUT2D eigenvalue weighted by atomic mass is 9.96. The lowest BCUT2D eigenvalue weighted by Crippen LogP contribution is -2.42. The van der Waals surface area contributed by atoms with Gasteiger partial charge in [0.05, 0.1) is 17.7 Å². The number of alkyl halides is 3. The molecule has 1 saturated heterocycles. The van der Waals surface area contributed by atoms with Crippen molar-refractivity contribution in [3.8, 4) is 5.75 Å². The molecular formula is C18H24F3N3O6S. The van der Waals surface area contributed by atoms with E-state index in [2.05, 4.69) is 10.1 Å². The number of carbonyl (C=O) groups excluding carboxylic acids is 2. The first-order chi connectivity index (χ1) is 14.3. The van der Waals surface area contributed by atoms with Crippen molar-refractivity contribution in [2.45, 2.75) is 23.9 Å². The number of anilines is 1. The number of benzene rings is 1. The number of nitrogens with zero attached hydrogens (tertiary/aromatic N) is 2. The summed E-state index contributed by atoms with van der Waals surface area (Å²) in [5.41, 5.74) is 0.169. The topological polar surface area (TPSA) is 105 Å². The Balaban J connectivity index is 2.02. The van der Waals surface area contributed by atoms with E-state index in [-0.39, 0.29) is 42.3 Å². The SMILES string of the molecule is COc1ccc(S(=O)(=O)N(C)C)cc1NC(=O)C1CCN(C(=O)OCC(F)(F)F)CC1. The van der Waals surface area contributed by atoms with Crippen molar-refractivity contribution in [2.24, 2.45) is 5.92 Å². The largest absolute Gasteiger partial charge is 0.495 e. The number of methoxy groups -OCH3 is 1. The van der Waals surface area contributed by atoms with Gasteiger partial charge in [-0.15, -0.1) is 0 Å². The van der Waals surface area contributed by atoms with Crippen LogP contribution in [0.15, 0.2) is 23.1 Å². The van der Waals surface area contributed by atoms with E-state index < -0.39 is 40.7 Å². The molecule has 2 amide bonds. The summed E-state index contributed by atoms with van der Waals surface area (Å²) >= 11 is 0. The van der Waals surface area contributed by atoms with Gasteiger partial charge in [-0.1, -0.05) is 0 Å². The predicted octanol–water partition coefficient (Wildman–Crippen LogP) is 2.29. The molecule has 2 rings (SSSR count). The molecular weight excluding hydrogens is 443 g/mol. The zero-order valence-electron chi connectivity index (χ0n) is 17.2.